The van der Waals surface area contributed by atoms with Crippen molar-refractivity contribution in [2.24, 2.45) is 0 Å². The molecular formula is C15H23NO3. The second-order valence-electron chi connectivity index (χ2n) is 4.78. The van der Waals surface area contributed by atoms with Crippen molar-refractivity contribution in [3.63, 3.8) is 0 Å². The molecule has 0 amide bonds. The molecule has 1 rings (SSSR count). The van der Waals surface area contributed by atoms with Gasteiger partial charge in [0.2, 0.25) is 0 Å². The van der Waals surface area contributed by atoms with Crippen LogP contribution in [0.25, 0.3) is 0 Å². The summed E-state index contributed by atoms with van der Waals surface area (Å²) >= 11 is 0. The molecule has 19 heavy (non-hydrogen) atoms. The quantitative estimate of drug-likeness (QED) is 0.785. The zero-order chi connectivity index (χ0) is 14.3. The first-order valence-electron chi connectivity index (χ1n) is 6.75. The molecule has 0 fully saturated rings. The Hall–Kier alpha value is -1.55. The average molecular weight is 265 g/mol. The summed E-state index contributed by atoms with van der Waals surface area (Å²) in [6.07, 6.45) is 1.10. The summed E-state index contributed by atoms with van der Waals surface area (Å²) in [4.78, 5) is 13.4. The van der Waals surface area contributed by atoms with Crippen molar-refractivity contribution in [3.05, 3.63) is 29.8 Å². The Morgan fingerprint density at radius 3 is 2.58 bits per heavy atom. The fraction of sp³-hybridized carbons (Fsp3) is 0.533. The van der Waals surface area contributed by atoms with E-state index in [0.29, 0.717) is 18.4 Å². The Labute approximate surface area is 115 Å². The van der Waals surface area contributed by atoms with Crippen LogP contribution in [0, 0.1) is 0 Å². The molecule has 0 aromatic heterocycles. The molecule has 0 bridgehead atoms. The monoisotopic (exact) mass is 265 g/mol. The maximum absolute atomic E-state index is 11.0. The van der Waals surface area contributed by atoms with Gasteiger partial charge in [-0.05, 0) is 38.9 Å². The molecule has 0 unspecified atom stereocenters. The van der Waals surface area contributed by atoms with E-state index < -0.39 is 5.97 Å². The first-order valence-corrected chi connectivity index (χ1v) is 6.75. The normalized spacial score (nSPS) is 11.0. The third kappa shape index (κ3) is 4.91. The van der Waals surface area contributed by atoms with E-state index in [9.17, 15) is 4.79 Å². The number of carboxylic acid groups (broad SMARTS) is 1. The van der Waals surface area contributed by atoms with Gasteiger partial charge in [0.1, 0.15) is 17.9 Å². The van der Waals surface area contributed by atoms with E-state index in [2.05, 4.69) is 25.7 Å². The van der Waals surface area contributed by atoms with Gasteiger partial charge >= 0.3 is 5.97 Å². The maximum atomic E-state index is 11.0. The number of carbonyl (C=O) groups is 1. The first-order chi connectivity index (χ1) is 9.06. The van der Waals surface area contributed by atoms with Crippen LogP contribution in [0.4, 0.5) is 0 Å². The minimum Gasteiger partial charge on any atom is -0.491 e. The fourth-order valence-electron chi connectivity index (χ4n) is 1.96. The SMILES string of the molecule is CCCN(CCOc1ccccc1C(=O)O)C(C)C. The van der Waals surface area contributed by atoms with Gasteiger partial charge < -0.3 is 9.84 Å². The number of ether oxygens (including phenoxy) is 1. The Kier molecular flexibility index (Phi) is 6.36. The summed E-state index contributed by atoms with van der Waals surface area (Å²) in [7, 11) is 0. The van der Waals surface area contributed by atoms with E-state index in [1.54, 1.807) is 24.3 Å². The van der Waals surface area contributed by atoms with Gasteiger partial charge in [0.05, 0.1) is 0 Å². The zero-order valence-electron chi connectivity index (χ0n) is 11.9. The van der Waals surface area contributed by atoms with E-state index in [-0.39, 0.29) is 5.56 Å². The lowest BCUT2D eigenvalue weighted by atomic mass is 10.2. The Morgan fingerprint density at radius 1 is 1.32 bits per heavy atom. The number of para-hydroxylation sites is 1. The molecule has 0 radical (unpaired) electrons. The van der Waals surface area contributed by atoms with Gasteiger partial charge in [-0.2, -0.15) is 0 Å². The number of rotatable bonds is 8. The van der Waals surface area contributed by atoms with E-state index >= 15 is 0 Å². The van der Waals surface area contributed by atoms with Crippen molar-refractivity contribution in [2.75, 3.05) is 19.7 Å². The van der Waals surface area contributed by atoms with Crippen molar-refractivity contribution < 1.29 is 14.6 Å². The summed E-state index contributed by atoms with van der Waals surface area (Å²) < 4.78 is 5.60. The van der Waals surface area contributed by atoms with Gasteiger partial charge in [-0.1, -0.05) is 19.1 Å². The highest BCUT2D eigenvalue weighted by Gasteiger charge is 2.11. The first kappa shape index (κ1) is 15.5. The molecule has 106 valence electrons. The van der Waals surface area contributed by atoms with Crippen LogP contribution in [0.1, 0.15) is 37.6 Å². The van der Waals surface area contributed by atoms with Gasteiger partial charge in [-0.3, -0.25) is 4.90 Å². The summed E-state index contributed by atoms with van der Waals surface area (Å²) in [6.45, 7) is 8.79. The lowest BCUT2D eigenvalue weighted by Crippen LogP contribution is -2.35. The van der Waals surface area contributed by atoms with Crippen molar-refractivity contribution in [1.82, 2.24) is 4.90 Å². The molecule has 0 heterocycles. The van der Waals surface area contributed by atoms with Crippen molar-refractivity contribution in [3.8, 4) is 5.75 Å². The predicted molar refractivity (Wildman–Crippen MR) is 75.9 cm³/mol. The molecule has 0 atom stereocenters. The third-order valence-corrected chi connectivity index (χ3v) is 2.99. The predicted octanol–water partition coefficient (Wildman–Crippen LogP) is 2.88. The van der Waals surface area contributed by atoms with Crippen LogP contribution in [0.15, 0.2) is 24.3 Å². The lowest BCUT2D eigenvalue weighted by molar-refractivity contribution is 0.0691. The van der Waals surface area contributed by atoms with Crippen LogP contribution in [0.3, 0.4) is 0 Å². The standard InChI is InChI=1S/C15H23NO3/c1-4-9-16(12(2)3)10-11-19-14-8-6-5-7-13(14)15(17)18/h5-8,12H,4,9-11H2,1-3H3,(H,17,18). The molecule has 4 heteroatoms. The smallest absolute Gasteiger partial charge is 0.339 e. The molecule has 1 N–H and O–H groups in total. The molecule has 0 aliphatic rings. The molecule has 0 aliphatic heterocycles. The lowest BCUT2D eigenvalue weighted by Gasteiger charge is -2.25. The second kappa shape index (κ2) is 7.79. The van der Waals surface area contributed by atoms with Crippen LogP contribution in [0.2, 0.25) is 0 Å². The van der Waals surface area contributed by atoms with Crippen molar-refractivity contribution in [2.45, 2.75) is 33.2 Å². The Morgan fingerprint density at radius 2 is 2.00 bits per heavy atom. The molecule has 1 aromatic rings. The Bertz CT molecular complexity index is 404. The van der Waals surface area contributed by atoms with Crippen molar-refractivity contribution >= 4 is 5.97 Å². The van der Waals surface area contributed by atoms with E-state index in [1.807, 2.05) is 0 Å². The number of benzene rings is 1. The number of nitrogens with zero attached hydrogens (tertiary/aromatic N) is 1. The highest BCUT2D eigenvalue weighted by atomic mass is 16.5. The van der Waals surface area contributed by atoms with E-state index in [1.165, 1.54) is 0 Å². The molecule has 4 nitrogen and oxygen atoms in total. The van der Waals surface area contributed by atoms with Crippen LogP contribution in [-0.4, -0.2) is 41.7 Å². The summed E-state index contributed by atoms with van der Waals surface area (Å²) in [5.74, 6) is -0.514. The number of hydrogen-bond donors (Lipinski definition) is 1. The van der Waals surface area contributed by atoms with Gasteiger partial charge in [0.15, 0.2) is 0 Å². The maximum Gasteiger partial charge on any atom is 0.339 e. The van der Waals surface area contributed by atoms with Gasteiger partial charge in [0.25, 0.3) is 0 Å². The average Bonchev–Trinajstić information content (AvgIpc) is 2.38. The second-order valence-corrected chi connectivity index (χ2v) is 4.78. The summed E-state index contributed by atoms with van der Waals surface area (Å²) in [5.41, 5.74) is 0.217. The number of hydrogen-bond acceptors (Lipinski definition) is 3. The topological polar surface area (TPSA) is 49.8 Å². The van der Waals surface area contributed by atoms with Crippen LogP contribution in [0.5, 0.6) is 5.75 Å². The molecule has 0 aliphatic carbocycles. The molecule has 1 aromatic carbocycles. The molecular weight excluding hydrogens is 242 g/mol. The highest BCUT2D eigenvalue weighted by molar-refractivity contribution is 5.90. The Balaban J connectivity index is 2.55. The minimum atomic E-state index is -0.954. The summed E-state index contributed by atoms with van der Waals surface area (Å²) in [5, 5.41) is 9.06. The number of aromatic carboxylic acids is 1. The van der Waals surface area contributed by atoms with Crippen LogP contribution >= 0.6 is 0 Å². The molecule has 0 saturated heterocycles. The van der Waals surface area contributed by atoms with E-state index in [4.69, 9.17) is 9.84 Å². The highest BCUT2D eigenvalue weighted by Crippen LogP contribution is 2.17. The van der Waals surface area contributed by atoms with Gasteiger partial charge in [-0.15, -0.1) is 0 Å². The largest absolute Gasteiger partial charge is 0.491 e. The van der Waals surface area contributed by atoms with E-state index in [0.717, 1.165) is 19.5 Å². The third-order valence-electron chi connectivity index (χ3n) is 2.99. The fourth-order valence-corrected chi connectivity index (χ4v) is 1.96. The van der Waals surface area contributed by atoms with Crippen LogP contribution < -0.4 is 4.74 Å². The van der Waals surface area contributed by atoms with Gasteiger partial charge in [-0.25, -0.2) is 4.79 Å². The number of carboxylic acids is 1. The summed E-state index contributed by atoms with van der Waals surface area (Å²) in [6, 6.07) is 7.22. The minimum absolute atomic E-state index is 0.217. The van der Waals surface area contributed by atoms with Crippen molar-refractivity contribution in [1.29, 1.82) is 0 Å². The molecule has 0 spiro atoms. The zero-order valence-corrected chi connectivity index (χ0v) is 11.9. The van der Waals surface area contributed by atoms with Gasteiger partial charge in [0, 0.05) is 12.6 Å². The molecule has 0 saturated carbocycles. The van der Waals surface area contributed by atoms with Crippen LogP contribution in [-0.2, 0) is 0 Å².